The number of nitriles is 1. The summed E-state index contributed by atoms with van der Waals surface area (Å²) in [7, 11) is 0. The molecule has 7 heteroatoms. The average Bonchev–Trinajstić information content (AvgIpc) is 2.47. The van der Waals surface area contributed by atoms with Crippen molar-refractivity contribution in [1.29, 1.82) is 5.26 Å². The van der Waals surface area contributed by atoms with Gasteiger partial charge in [0.05, 0.1) is 23.1 Å². The van der Waals surface area contributed by atoms with E-state index in [1.165, 1.54) is 23.5 Å². The molecule has 0 heterocycles. The summed E-state index contributed by atoms with van der Waals surface area (Å²) < 4.78 is 0. The zero-order valence-corrected chi connectivity index (χ0v) is 13.0. The van der Waals surface area contributed by atoms with Crippen LogP contribution in [0.5, 0.6) is 0 Å². The molecule has 0 radical (unpaired) electrons. The van der Waals surface area contributed by atoms with E-state index in [0.29, 0.717) is 29.4 Å². The van der Waals surface area contributed by atoms with Crippen LogP contribution in [0, 0.1) is 11.3 Å². The third kappa shape index (κ3) is 8.27. The third-order valence-electron chi connectivity index (χ3n) is 2.38. The minimum Gasteiger partial charge on any atom is -0.481 e. The van der Waals surface area contributed by atoms with E-state index in [1.807, 2.05) is 12.1 Å². The highest BCUT2D eigenvalue weighted by atomic mass is 32.2. The van der Waals surface area contributed by atoms with Crippen LogP contribution in [0.2, 0.25) is 0 Å². The zero-order valence-electron chi connectivity index (χ0n) is 11.4. The summed E-state index contributed by atoms with van der Waals surface area (Å²) in [6.07, 6.45) is 0. The summed E-state index contributed by atoms with van der Waals surface area (Å²) in [5.41, 5.74) is 1.70. The molecule has 0 aliphatic carbocycles. The Labute approximate surface area is 132 Å². The molecule has 112 valence electrons. The number of nitrogens with zero attached hydrogens (tertiary/aromatic N) is 1. The molecule has 0 bridgehead atoms. The Hall–Kier alpha value is -1.65. The molecule has 1 amide bonds. The third-order valence-corrected chi connectivity index (χ3v) is 4.33. The standard InChI is InChI=1S/C14H16N2O3S2/c15-7-11-1-3-12(4-2-11)8-21-9-13(17)16-5-6-20-10-14(18)19/h1-4H,5-6,8-10H2,(H,16,17)(H,18,19). The van der Waals surface area contributed by atoms with E-state index in [0.717, 1.165) is 5.56 Å². The number of amides is 1. The summed E-state index contributed by atoms with van der Waals surface area (Å²) >= 11 is 2.78. The molecule has 0 unspecified atom stereocenters. The van der Waals surface area contributed by atoms with Crippen molar-refractivity contribution >= 4 is 35.4 Å². The Morgan fingerprint density at radius 1 is 1.19 bits per heavy atom. The highest BCUT2D eigenvalue weighted by molar-refractivity contribution is 8.00. The van der Waals surface area contributed by atoms with Gasteiger partial charge in [-0.05, 0) is 17.7 Å². The molecule has 0 spiro atoms. The first-order chi connectivity index (χ1) is 10.1. The van der Waals surface area contributed by atoms with Gasteiger partial charge in [0.15, 0.2) is 0 Å². The molecule has 1 rings (SSSR count). The number of nitrogens with one attached hydrogen (secondary N) is 1. The van der Waals surface area contributed by atoms with Gasteiger partial charge in [-0.25, -0.2) is 0 Å². The maximum Gasteiger partial charge on any atom is 0.313 e. The van der Waals surface area contributed by atoms with Crippen molar-refractivity contribution in [3.05, 3.63) is 35.4 Å². The number of carbonyl (C=O) groups excluding carboxylic acids is 1. The molecule has 0 aliphatic heterocycles. The van der Waals surface area contributed by atoms with Gasteiger partial charge in [-0.3, -0.25) is 9.59 Å². The molecule has 0 fully saturated rings. The van der Waals surface area contributed by atoms with Crippen LogP contribution in [0.3, 0.4) is 0 Å². The largest absolute Gasteiger partial charge is 0.481 e. The first kappa shape index (κ1) is 17.4. The van der Waals surface area contributed by atoms with Crippen LogP contribution in [0.25, 0.3) is 0 Å². The Morgan fingerprint density at radius 2 is 1.90 bits per heavy atom. The van der Waals surface area contributed by atoms with Crippen LogP contribution in [-0.4, -0.2) is 40.8 Å². The number of hydrogen-bond acceptors (Lipinski definition) is 5. The molecule has 0 saturated heterocycles. The smallest absolute Gasteiger partial charge is 0.313 e. The van der Waals surface area contributed by atoms with Gasteiger partial charge in [-0.2, -0.15) is 5.26 Å². The van der Waals surface area contributed by atoms with Gasteiger partial charge in [-0.1, -0.05) is 12.1 Å². The molecule has 1 aromatic carbocycles. The van der Waals surface area contributed by atoms with Gasteiger partial charge in [0.25, 0.3) is 0 Å². The highest BCUT2D eigenvalue weighted by Crippen LogP contribution is 2.12. The molecule has 2 N–H and O–H groups in total. The van der Waals surface area contributed by atoms with Crippen molar-refractivity contribution in [2.75, 3.05) is 23.8 Å². The number of thioether (sulfide) groups is 2. The molecule has 5 nitrogen and oxygen atoms in total. The second kappa shape index (κ2) is 10.1. The SMILES string of the molecule is N#Cc1ccc(CSCC(=O)NCCSCC(=O)O)cc1. The minimum atomic E-state index is -0.843. The lowest BCUT2D eigenvalue weighted by molar-refractivity contribution is -0.133. The Kier molecular flexibility index (Phi) is 8.40. The molecular formula is C14H16N2O3S2. The summed E-state index contributed by atoms with van der Waals surface area (Å²) in [5.74, 6) is 0.840. The van der Waals surface area contributed by atoms with E-state index in [9.17, 15) is 9.59 Å². The maximum absolute atomic E-state index is 11.5. The highest BCUT2D eigenvalue weighted by Gasteiger charge is 2.02. The number of aliphatic carboxylic acids is 1. The van der Waals surface area contributed by atoms with E-state index in [1.54, 1.807) is 12.1 Å². The van der Waals surface area contributed by atoms with Crippen molar-refractivity contribution in [1.82, 2.24) is 5.32 Å². The first-order valence-corrected chi connectivity index (χ1v) is 8.56. The maximum atomic E-state index is 11.5. The summed E-state index contributed by atoms with van der Waals surface area (Å²) in [4.78, 5) is 21.8. The number of benzene rings is 1. The summed E-state index contributed by atoms with van der Waals surface area (Å²) in [6, 6.07) is 9.34. The van der Waals surface area contributed by atoms with Gasteiger partial charge in [0.1, 0.15) is 0 Å². The van der Waals surface area contributed by atoms with Crippen LogP contribution in [-0.2, 0) is 15.3 Å². The lowest BCUT2D eigenvalue weighted by Crippen LogP contribution is -2.27. The fraction of sp³-hybridized carbons (Fsp3) is 0.357. The fourth-order valence-electron chi connectivity index (χ4n) is 1.41. The van der Waals surface area contributed by atoms with Gasteiger partial charge in [-0.15, -0.1) is 23.5 Å². The number of rotatable bonds is 9. The van der Waals surface area contributed by atoms with Crippen molar-refractivity contribution < 1.29 is 14.7 Å². The van der Waals surface area contributed by atoms with E-state index in [2.05, 4.69) is 11.4 Å². The molecule has 0 atom stereocenters. The van der Waals surface area contributed by atoms with Crippen molar-refractivity contribution in [3.8, 4) is 6.07 Å². The van der Waals surface area contributed by atoms with Gasteiger partial charge in [0, 0.05) is 18.1 Å². The zero-order chi connectivity index (χ0) is 15.5. The number of carboxylic acids is 1. The summed E-state index contributed by atoms with van der Waals surface area (Å²) in [6.45, 7) is 0.480. The van der Waals surface area contributed by atoms with Crippen LogP contribution in [0.4, 0.5) is 0 Å². The molecule has 1 aromatic rings. The van der Waals surface area contributed by atoms with E-state index in [-0.39, 0.29) is 11.7 Å². The van der Waals surface area contributed by atoms with Crippen molar-refractivity contribution in [2.24, 2.45) is 0 Å². The van der Waals surface area contributed by atoms with Crippen LogP contribution >= 0.6 is 23.5 Å². The Balaban J connectivity index is 2.10. The predicted molar refractivity (Wildman–Crippen MR) is 85.3 cm³/mol. The topological polar surface area (TPSA) is 90.2 Å². The number of carboxylic acid groups (broad SMARTS) is 1. The Bertz CT molecular complexity index is 512. The van der Waals surface area contributed by atoms with E-state index < -0.39 is 5.97 Å². The molecule has 0 aromatic heterocycles. The first-order valence-electron chi connectivity index (χ1n) is 6.25. The van der Waals surface area contributed by atoms with Gasteiger partial charge >= 0.3 is 5.97 Å². The van der Waals surface area contributed by atoms with Crippen molar-refractivity contribution in [2.45, 2.75) is 5.75 Å². The Morgan fingerprint density at radius 3 is 2.52 bits per heavy atom. The van der Waals surface area contributed by atoms with Crippen LogP contribution in [0.15, 0.2) is 24.3 Å². The lowest BCUT2D eigenvalue weighted by Gasteiger charge is -2.05. The molecule has 0 saturated carbocycles. The quantitative estimate of drug-likeness (QED) is 0.672. The van der Waals surface area contributed by atoms with Gasteiger partial charge in [0.2, 0.25) is 5.91 Å². The predicted octanol–water partition coefficient (Wildman–Crippen LogP) is 1.73. The van der Waals surface area contributed by atoms with Crippen LogP contribution in [0.1, 0.15) is 11.1 Å². The fourth-order valence-corrected chi connectivity index (χ4v) is 2.79. The monoisotopic (exact) mass is 324 g/mol. The second-order valence-electron chi connectivity index (χ2n) is 4.10. The molecular weight excluding hydrogens is 308 g/mol. The average molecular weight is 324 g/mol. The van der Waals surface area contributed by atoms with Gasteiger partial charge < -0.3 is 10.4 Å². The lowest BCUT2D eigenvalue weighted by atomic mass is 10.2. The van der Waals surface area contributed by atoms with Crippen LogP contribution < -0.4 is 5.32 Å². The van der Waals surface area contributed by atoms with E-state index >= 15 is 0 Å². The van der Waals surface area contributed by atoms with E-state index in [4.69, 9.17) is 10.4 Å². The second-order valence-corrected chi connectivity index (χ2v) is 6.19. The molecule has 0 aliphatic rings. The number of hydrogen-bond donors (Lipinski definition) is 2. The molecule has 21 heavy (non-hydrogen) atoms. The number of carbonyl (C=O) groups is 2. The van der Waals surface area contributed by atoms with Crippen molar-refractivity contribution in [3.63, 3.8) is 0 Å². The summed E-state index contributed by atoms with van der Waals surface area (Å²) in [5, 5.41) is 19.9. The normalized spacial score (nSPS) is 9.86. The minimum absolute atomic E-state index is 0.0513.